The third-order valence-corrected chi connectivity index (χ3v) is 4.77. The number of rotatable bonds is 5. The molecule has 3 aromatic rings. The summed E-state index contributed by atoms with van der Waals surface area (Å²) in [5, 5.41) is 0.440. The molecule has 0 saturated heterocycles. The maximum atomic E-state index is 12.7. The number of amides is 1. The zero-order chi connectivity index (χ0) is 18.7. The molecule has 0 aliphatic carbocycles. The first-order chi connectivity index (χ1) is 12.5. The monoisotopic (exact) mass is 369 g/mol. The highest BCUT2D eigenvalue weighted by Gasteiger charge is 2.24. The molecule has 0 aliphatic rings. The largest absolute Gasteiger partial charge is 0.449 e. The number of nitrogens with zero attached hydrogens (tertiary/aromatic N) is 2. The molecule has 0 radical (unpaired) electrons. The van der Waals surface area contributed by atoms with E-state index >= 15 is 0 Å². The van der Waals surface area contributed by atoms with Crippen molar-refractivity contribution in [1.82, 2.24) is 4.98 Å². The predicted molar refractivity (Wildman–Crippen MR) is 103 cm³/mol. The van der Waals surface area contributed by atoms with E-state index < -0.39 is 12.1 Å². The second-order valence-electron chi connectivity index (χ2n) is 5.70. The number of benzene rings is 2. The van der Waals surface area contributed by atoms with Crippen molar-refractivity contribution in [3.05, 3.63) is 54.1 Å². The lowest BCUT2D eigenvalue weighted by Crippen LogP contribution is -2.40. The SMILES string of the molecule is CCN(C(=O)[C@@H](C)OC(=O)c1ccc2nc(N)sc2c1)c1ccccc1. The van der Waals surface area contributed by atoms with Crippen molar-refractivity contribution in [3.63, 3.8) is 0 Å². The standard InChI is InChI=1S/C19H19N3O3S/c1-3-22(14-7-5-4-6-8-14)17(23)12(2)25-18(24)13-9-10-15-16(11-13)26-19(20)21-15/h4-12H,3H2,1-2H3,(H2,20,21)/t12-/m1/s1. The Morgan fingerprint density at radius 2 is 1.96 bits per heavy atom. The lowest BCUT2D eigenvalue weighted by molar-refractivity contribution is -0.126. The van der Waals surface area contributed by atoms with Gasteiger partial charge in [0.15, 0.2) is 11.2 Å². The fraction of sp³-hybridized carbons (Fsp3) is 0.211. The van der Waals surface area contributed by atoms with Crippen LogP contribution in [0.5, 0.6) is 0 Å². The number of hydrogen-bond donors (Lipinski definition) is 1. The van der Waals surface area contributed by atoms with E-state index in [1.165, 1.54) is 11.3 Å². The number of aromatic nitrogens is 1. The van der Waals surface area contributed by atoms with Crippen molar-refractivity contribution in [1.29, 1.82) is 0 Å². The molecule has 0 saturated carbocycles. The number of esters is 1. The normalized spacial score (nSPS) is 11.9. The smallest absolute Gasteiger partial charge is 0.338 e. The van der Waals surface area contributed by atoms with Crippen LogP contribution in [-0.2, 0) is 9.53 Å². The van der Waals surface area contributed by atoms with Gasteiger partial charge in [-0.3, -0.25) is 4.79 Å². The number of nitrogens with two attached hydrogens (primary N) is 1. The fourth-order valence-corrected chi connectivity index (χ4v) is 3.41. The summed E-state index contributed by atoms with van der Waals surface area (Å²) < 4.78 is 6.18. The minimum atomic E-state index is -0.898. The number of nitrogen functional groups attached to an aromatic ring is 1. The summed E-state index contributed by atoms with van der Waals surface area (Å²) in [7, 11) is 0. The quantitative estimate of drug-likeness (QED) is 0.696. The average molecular weight is 369 g/mol. The number of anilines is 2. The Morgan fingerprint density at radius 1 is 1.23 bits per heavy atom. The highest BCUT2D eigenvalue weighted by molar-refractivity contribution is 7.22. The van der Waals surface area contributed by atoms with Gasteiger partial charge in [-0.2, -0.15) is 0 Å². The number of ether oxygens (including phenoxy) is 1. The number of likely N-dealkylation sites (N-methyl/N-ethyl adjacent to an activating group) is 1. The van der Waals surface area contributed by atoms with Gasteiger partial charge in [0, 0.05) is 12.2 Å². The van der Waals surface area contributed by atoms with E-state index in [0.29, 0.717) is 17.2 Å². The van der Waals surface area contributed by atoms with E-state index in [4.69, 9.17) is 10.5 Å². The van der Waals surface area contributed by atoms with Gasteiger partial charge in [0.05, 0.1) is 15.8 Å². The molecule has 2 N–H and O–H groups in total. The van der Waals surface area contributed by atoms with Crippen LogP contribution in [0.25, 0.3) is 10.2 Å². The highest BCUT2D eigenvalue weighted by Crippen LogP contribution is 2.25. The van der Waals surface area contributed by atoms with E-state index in [2.05, 4.69) is 4.98 Å². The number of thiazole rings is 1. The van der Waals surface area contributed by atoms with Gasteiger partial charge in [-0.25, -0.2) is 9.78 Å². The molecule has 26 heavy (non-hydrogen) atoms. The number of fused-ring (bicyclic) bond motifs is 1. The van der Waals surface area contributed by atoms with Crippen molar-refractivity contribution in [2.75, 3.05) is 17.2 Å². The van der Waals surface area contributed by atoms with Gasteiger partial charge in [0.1, 0.15) is 0 Å². The second-order valence-corrected chi connectivity index (χ2v) is 6.76. The minimum Gasteiger partial charge on any atom is -0.449 e. The number of hydrogen-bond acceptors (Lipinski definition) is 6. The lowest BCUT2D eigenvalue weighted by atomic mass is 10.2. The van der Waals surface area contributed by atoms with Crippen LogP contribution < -0.4 is 10.6 Å². The summed E-state index contributed by atoms with van der Waals surface area (Å²) in [6, 6.07) is 14.3. The van der Waals surface area contributed by atoms with Crippen LogP contribution in [0, 0.1) is 0 Å². The molecule has 0 aliphatic heterocycles. The molecule has 0 spiro atoms. The van der Waals surface area contributed by atoms with E-state index in [1.807, 2.05) is 37.3 Å². The van der Waals surface area contributed by atoms with Crippen molar-refractivity contribution in [3.8, 4) is 0 Å². The Bertz CT molecular complexity index is 940. The molecule has 0 unspecified atom stereocenters. The highest BCUT2D eigenvalue weighted by atomic mass is 32.1. The van der Waals surface area contributed by atoms with Gasteiger partial charge in [-0.15, -0.1) is 0 Å². The second kappa shape index (κ2) is 7.53. The summed E-state index contributed by atoms with van der Waals surface area (Å²) in [6.07, 6.45) is -0.898. The van der Waals surface area contributed by atoms with Gasteiger partial charge in [0.2, 0.25) is 0 Å². The van der Waals surface area contributed by atoms with Gasteiger partial charge in [-0.05, 0) is 44.2 Å². The van der Waals surface area contributed by atoms with E-state index in [9.17, 15) is 9.59 Å². The molecule has 1 atom stereocenters. The van der Waals surface area contributed by atoms with Crippen molar-refractivity contribution in [2.24, 2.45) is 0 Å². The molecule has 1 heterocycles. The molecule has 0 bridgehead atoms. The predicted octanol–water partition coefficient (Wildman–Crippen LogP) is 3.48. The van der Waals surface area contributed by atoms with Crippen LogP contribution >= 0.6 is 11.3 Å². The number of para-hydroxylation sites is 1. The Hall–Kier alpha value is -2.93. The minimum absolute atomic E-state index is 0.268. The summed E-state index contributed by atoms with van der Waals surface area (Å²) in [5.74, 6) is -0.820. The molecule has 1 aromatic heterocycles. The molecular weight excluding hydrogens is 350 g/mol. The van der Waals surface area contributed by atoms with Gasteiger partial charge >= 0.3 is 5.97 Å². The Kier molecular flexibility index (Phi) is 5.18. The Balaban J connectivity index is 1.73. The number of carbonyl (C=O) groups excluding carboxylic acids is 2. The van der Waals surface area contributed by atoms with Gasteiger partial charge < -0.3 is 15.4 Å². The zero-order valence-electron chi connectivity index (χ0n) is 14.5. The molecule has 2 aromatic carbocycles. The first-order valence-electron chi connectivity index (χ1n) is 8.23. The first kappa shape index (κ1) is 17.9. The van der Waals surface area contributed by atoms with Crippen LogP contribution in [0.3, 0.4) is 0 Å². The van der Waals surface area contributed by atoms with Crippen LogP contribution in [0.2, 0.25) is 0 Å². The molecule has 6 nitrogen and oxygen atoms in total. The summed E-state index contributed by atoms with van der Waals surface area (Å²) in [6.45, 7) is 3.94. The van der Waals surface area contributed by atoms with Crippen LogP contribution in [0.4, 0.5) is 10.8 Å². The van der Waals surface area contributed by atoms with E-state index in [0.717, 1.165) is 15.9 Å². The molecule has 3 rings (SSSR count). The Morgan fingerprint density at radius 3 is 2.65 bits per heavy atom. The zero-order valence-corrected chi connectivity index (χ0v) is 15.3. The van der Waals surface area contributed by atoms with Crippen LogP contribution in [0.15, 0.2) is 48.5 Å². The summed E-state index contributed by atoms with van der Waals surface area (Å²) in [5.41, 5.74) is 7.55. The third-order valence-electron chi connectivity index (χ3n) is 3.92. The number of carbonyl (C=O) groups is 2. The van der Waals surface area contributed by atoms with E-state index in [-0.39, 0.29) is 5.91 Å². The lowest BCUT2D eigenvalue weighted by Gasteiger charge is -2.24. The molecular formula is C19H19N3O3S. The van der Waals surface area contributed by atoms with E-state index in [1.54, 1.807) is 30.0 Å². The van der Waals surface area contributed by atoms with Crippen LogP contribution in [0.1, 0.15) is 24.2 Å². The van der Waals surface area contributed by atoms with Crippen molar-refractivity contribution >= 4 is 44.2 Å². The molecule has 0 fully saturated rings. The fourth-order valence-electron chi connectivity index (χ4n) is 2.64. The molecule has 1 amide bonds. The Labute approximate surface area is 155 Å². The molecule has 134 valence electrons. The summed E-state index contributed by atoms with van der Waals surface area (Å²) >= 11 is 1.30. The molecule has 7 heteroatoms. The topological polar surface area (TPSA) is 85.5 Å². The van der Waals surface area contributed by atoms with Crippen molar-refractivity contribution in [2.45, 2.75) is 20.0 Å². The first-order valence-corrected chi connectivity index (χ1v) is 9.04. The average Bonchev–Trinajstić information content (AvgIpc) is 3.02. The van der Waals surface area contributed by atoms with Crippen molar-refractivity contribution < 1.29 is 14.3 Å². The maximum Gasteiger partial charge on any atom is 0.338 e. The van der Waals surface area contributed by atoms with Gasteiger partial charge in [-0.1, -0.05) is 29.5 Å². The maximum absolute atomic E-state index is 12.7. The summed E-state index contributed by atoms with van der Waals surface area (Å²) in [4.78, 5) is 30.8. The third kappa shape index (κ3) is 3.67. The van der Waals surface area contributed by atoms with Gasteiger partial charge in [0.25, 0.3) is 5.91 Å². The van der Waals surface area contributed by atoms with Crippen LogP contribution in [-0.4, -0.2) is 29.5 Å².